The third-order valence-corrected chi connectivity index (χ3v) is 10.4. The van der Waals surface area contributed by atoms with Crippen molar-refractivity contribution in [3.63, 3.8) is 0 Å². The number of benzene rings is 7. The minimum Gasteiger partial charge on any atom is -0.457 e. The topological polar surface area (TPSA) is 33.6 Å². The fraction of sp³-hybridized carbons (Fsp3) is 0.0426. The largest absolute Gasteiger partial charge is 0.457 e. The summed E-state index contributed by atoms with van der Waals surface area (Å²) < 4.78 is 6.70. The lowest BCUT2D eigenvalue weighted by Crippen LogP contribution is -2.33. The van der Waals surface area contributed by atoms with Crippen molar-refractivity contribution in [3.8, 4) is 33.8 Å². The van der Waals surface area contributed by atoms with E-state index in [1.165, 1.54) is 33.4 Å². The fourth-order valence-corrected chi connectivity index (χ4v) is 8.17. The van der Waals surface area contributed by atoms with Gasteiger partial charge in [-0.25, -0.2) is 0 Å². The summed E-state index contributed by atoms with van der Waals surface area (Å²) in [4.78, 5) is 5.36. The molecule has 3 nitrogen and oxygen atoms in total. The zero-order chi connectivity index (χ0) is 33.1. The summed E-state index contributed by atoms with van der Waals surface area (Å²) in [6.07, 6.45) is 2.24. The van der Waals surface area contributed by atoms with Crippen LogP contribution in [-0.2, 0) is 5.41 Å². The molecule has 0 saturated carbocycles. The van der Waals surface area contributed by atoms with Gasteiger partial charge in [0.2, 0.25) is 0 Å². The molecular formula is C47H32N2O. The average molecular weight is 641 g/mol. The highest BCUT2D eigenvalue weighted by atomic mass is 16.5. The van der Waals surface area contributed by atoms with Crippen LogP contribution in [0, 0.1) is 0 Å². The van der Waals surface area contributed by atoms with Crippen molar-refractivity contribution in [3.05, 3.63) is 221 Å². The standard InChI is InChI=1S/C47H32N2O/c1-3-14-31(15-4-1)33-18-13-19-34(28-33)43-30-42(32-16-5-2-6-17-32)48-46(49-43)35-26-27-45-41(29-35)47(40-24-11-12-25-44(40)50-45)38-22-9-7-20-36(38)37-21-8-10-23-39(37)47/h1-30,42H,(H,48,49). The number of ether oxygens (including phenoxy) is 1. The van der Waals surface area contributed by atoms with Crippen LogP contribution < -0.4 is 10.1 Å². The summed E-state index contributed by atoms with van der Waals surface area (Å²) in [6, 6.07) is 62.4. The smallest absolute Gasteiger partial charge is 0.133 e. The second-order valence-corrected chi connectivity index (χ2v) is 13.1. The Balaban J connectivity index is 1.15. The molecule has 0 aromatic heterocycles. The van der Waals surface area contributed by atoms with Crippen molar-refractivity contribution < 1.29 is 4.74 Å². The molecule has 10 rings (SSSR count). The highest BCUT2D eigenvalue weighted by molar-refractivity contribution is 6.05. The molecule has 1 spiro atoms. The lowest BCUT2D eigenvalue weighted by molar-refractivity contribution is 0.436. The first-order chi connectivity index (χ1) is 24.8. The van der Waals surface area contributed by atoms with E-state index in [2.05, 4.69) is 187 Å². The number of hydrogen-bond acceptors (Lipinski definition) is 3. The summed E-state index contributed by atoms with van der Waals surface area (Å²) in [5, 5.41) is 3.78. The van der Waals surface area contributed by atoms with E-state index in [9.17, 15) is 0 Å². The molecule has 3 aliphatic rings. The molecule has 0 fully saturated rings. The minimum atomic E-state index is -0.538. The fourth-order valence-electron chi connectivity index (χ4n) is 8.17. The van der Waals surface area contributed by atoms with Gasteiger partial charge in [-0.05, 0) is 80.9 Å². The Bertz CT molecular complexity index is 2450. The molecule has 2 heterocycles. The molecule has 2 aliphatic heterocycles. The van der Waals surface area contributed by atoms with E-state index in [1.807, 2.05) is 0 Å². The number of rotatable bonds is 4. The third-order valence-electron chi connectivity index (χ3n) is 10.4. The Morgan fingerprint density at radius 3 is 1.82 bits per heavy atom. The van der Waals surface area contributed by atoms with E-state index in [1.54, 1.807) is 0 Å². The SMILES string of the molecule is C1=C(c2cccc(-c3ccccc3)c2)NC(c2ccc3c(c2)C2(c4ccccc4O3)c3ccccc3-c3ccccc32)=NC1c1ccccc1. The molecule has 1 N–H and O–H groups in total. The molecule has 236 valence electrons. The lowest BCUT2D eigenvalue weighted by atomic mass is 9.66. The highest BCUT2D eigenvalue weighted by Crippen LogP contribution is 2.62. The maximum absolute atomic E-state index is 6.70. The van der Waals surface area contributed by atoms with Crippen LogP contribution in [0.2, 0.25) is 0 Å². The number of hydrogen-bond donors (Lipinski definition) is 1. The zero-order valence-corrected chi connectivity index (χ0v) is 27.3. The maximum atomic E-state index is 6.70. The molecule has 3 heteroatoms. The van der Waals surface area contributed by atoms with E-state index in [-0.39, 0.29) is 6.04 Å². The number of fused-ring (bicyclic) bond motifs is 9. The van der Waals surface area contributed by atoms with Crippen LogP contribution in [0.1, 0.15) is 45.0 Å². The van der Waals surface area contributed by atoms with Crippen molar-refractivity contribution in [1.82, 2.24) is 5.32 Å². The van der Waals surface area contributed by atoms with E-state index in [0.717, 1.165) is 50.8 Å². The van der Waals surface area contributed by atoms with Crippen LogP contribution in [0.3, 0.4) is 0 Å². The highest BCUT2D eigenvalue weighted by Gasteiger charge is 2.51. The van der Waals surface area contributed by atoms with Crippen LogP contribution in [0.25, 0.3) is 28.0 Å². The van der Waals surface area contributed by atoms with Gasteiger partial charge in [-0.3, -0.25) is 4.99 Å². The normalized spacial score (nSPS) is 16.1. The summed E-state index contributed by atoms with van der Waals surface area (Å²) in [6.45, 7) is 0. The number of nitrogens with one attached hydrogen (secondary N) is 1. The zero-order valence-electron chi connectivity index (χ0n) is 27.3. The van der Waals surface area contributed by atoms with Crippen molar-refractivity contribution in [2.45, 2.75) is 11.5 Å². The van der Waals surface area contributed by atoms with Gasteiger partial charge in [-0.2, -0.15) is 0 Å². The lowest BCUT2D eigenvalue weighted by Gasteiger charge is -2.39. The molecule has 0 saturated heterocycles. The second-order valence-electron chi connectivity index (χ2n) is 13.1. The van der Waals surface area contributed by atoms with Gasteiger partial charge in [0.15, 0.2) is 0 Å². The minimum absolute atomic E-state index is 0.155. The Morgan fingerprint density at radius 2 is 1.06 bits per heavy atom. The molecule has 0 radical (unpaired) electrons. The Labute approximate surface area is 291 Å². The van der Waals surface area contributed by atoms with Gasteiger partial charge in [-0.1, -0.05) is 146 Å². The molecule has 7 aromatic carbocycles. The Morgan fingerprint density at radius 1 is 0.460 bits per heavy atom. The molecule has 0 bridgehead atoms. The van der Waals surface area contributed by atoms with Crippen molar-refractivity contribution in [1.29, 1.82) is 0 Å². The van der Waals surface area contributed by atoms with E-state index in [0.29, 0.717) is 0 Å². The van der Waals surface area contributed by atoms with Gasteiger partial charge in [0.1, 0.15) is 17.3 Å². The Kier molecular flexibility index (Phi) is 6.47. The number of amidine groups is 1. The molecular weight excluding hydrogens is 609 g/mol. The van der Waals surface area contributed by atoms with Crippen LogP contribution in [0.5, 0.6) is 11.5 Å². The van der Waals surface area contributed by atoms with Crippen molar-refractivity contribution >= 4 is 11.5 Å². The van der Waals surface area contributed by atoms with E-state index < -0.39 is 5.41 Å². The molecule has 1 atom stereocenters. The quantitative estimate of drug-likeness (QED) is 0.208. The number of nitrogens with zero attached hydrogens (tertiary/aromatic N) is 1. The van der Waals surface area contributed by atoms with E-state index >= 15 is 0 Å². The predicted octanol–water partition coefficient (Wildman–Crippen LogP) is 11.0. The van der Waals surface area contributed by atoms with Gasteiger partial charge < -0.3 is 10.1 Å². The van der Waals surface area contributed by atoms with Crippen LogP contribution in [0.15, 0.2) is 187 Å². The van der Waals surface area contributed by atoms with Crippen LogP contribution >= 0.6 is 0 Å². The number of aliphatic imine (C=N–C) groups is 1. The first-order valence-electron chi connectivity index (χ1n) is 17.2. The molecule has 0 amide bonds. The molecule has 1 aliphatic carbocycles. The summed E-state index contributed by atoms with van der Waals surface area (Å²) in [7, 11) is 0. The second kappa shape index (κ2) is 11.3. The molecule has 1 unspecified atom stereocenters. The predicted molar refractivity (Wildman–Crippen MR) is 203 cm³/mol. The summed E-state index contributed by atoms with van der Waals surface area (Å²) >= 11 is 0. The molecule has 7 aromatic rings. The third kappa shape index (κ3) is 4.33. The van der Waals surface area contributed by atoms with Crippen molar-refractivity contribution in [2.24, 2.45) is 4.99 Å². The van der Waals surface area contributed by atoms with Crippen LogP contribution in [-0.4, -0.2) is 5.84 Å². The maximum Gasteiger partial charge on any atom is 0.133 e. The van der Waals surface area contributed by atoms with Crippen molar-refractivity contribution in [2.75, 3.05) is 0 Å². The summed E-state index contributed by atoms with van der Waals surface area (Å²) in [5.41, 5.74) is 13.5. The van der Waals surface area contributed by atoms with Gasteiger partial charge in [0, 0.05) is 22.4 Å². The average Bonchev–Trinajstić information content (AvgIpc) is 3.49. The summed E-state index contributed by atoms with van der Waals surface area (Å²) in [5.74, 6) is 2.58. The van der Waals surface area contributed by atoms with E-state index in [4.69, 9.17) is 9.73 Å². The number of para-hydroxylation sites is 1. The van der Waals surface area contributed by atoms with Gasteiger partial charge in [0.25, 0.3) is 0 Å². The van der Waals surface area contributed by atoms with Gasteiger partial charge in [0.05, 0.1) is 11.5 Å². The van der Waals surface area contributed by atoms with Gasteiger partial charge in [-0.15, -0.1) is 0 Å². The Hall–Kier alpha value is -6.45. The molecule has 50 heavy (non-hydrogen) atoms. The first kappa shape index (κ1) is 28.6. The first-order valence-corrected chi connectivity index (χ1v) is 17.2. The van der Waals surface area contributed by atoms with Gasteiger partial charge >= 0.3 is 0 Å². The monoisotopic (exact) mass is 640 g/mol. The van der Waals surface area contributed by atoms with Crippen LogP contribution in [0.4, 0.5) is 0 Å².